The van der Waals surface area contributed by atoms with Crippen LogP contribution < -0.4 is 15.0 Å². The number of nitrogens with zero attached hydrogens (tertiary/aromatic N) is 1. The molecule has 7 nitrogen and oxygen atoms in total. The minimum absolute atomic E-state index is 0.0676. The van der Waals surface area contributed by atoms with Gasteiger partial charge in [0.1, 0.15) is 12.3 Å². The van der Waals surface area contributed by atoms with Gasteiger partial charge in [0.2, 0.25) is 5.91 Å². The molecule has 0 bridgehead atoms. The van der Waals surface area contributed by atoms with Crippen molar-refractivity contribution in [2.24, 2.45) is 0 Å². The number of halogens is 2. The van der Waals surface area contributed by atoms with Crippen molar-refractivity contribution in [1.82, 2.24) is 0 Å². The van der Waals surface area contributed by atoms with Crippen molar-refractivity contribution in [3.8, 4) is 5.75 Å². The number of hydrogen-bond acceptors (Lipinski definition) is 5. The van der Waals surface area contributed by atoms with E-state index in [1.807, 2.05) is 0 Å². The van der Waals surface area contributed by atoms with Gasteiger partial charge in [0.25, 0.3) is 5.91 Å². The molecule has 1 aliphatic heterocycles. The minimum atomic E-state index is -2.97. The van der Waals surface area contributed by atoms with E-state index in [1.54, 1.807) is 24.3 Å². The molecular formula is C19H16F2N2O5. The number of nitrogens with one attached hydrogen (secondary N) is 1. The summed E-state index contributed by atoms with van der Waals surface area (Å²) in [6, 6.07) is 11.7. The van der Waals surface area contributed by atoms with Crippen LogP contribution in [0.15, 0.2) is 48.5 Å². The summed E-state index contributed by atoms with van der Waals surface area (Å²) in [6.45, 7) is -1.78. The smallest absolute Gasteiger partial charge is 0.387 e. The normalized spacial score (nSPS) is 14.1. The van der Waals surface area contributed by atoms with Crippen LogP contribution in [-0.4, -0.2) is 37.0 Å². The average molecular weight is 390 g/mol. The monoisotopic (exact) mass is 390 g/mol. The highest BCUT2D eigenvalue weighted by Gasteiger charge is 2.31. The molecule has 0 aromatic heterocycles. The van der Waals surface area contributed by atoms with Gasteiger partial charge in [-0.3, -0.25) is 14.5 Å². The molecule has 146 valence electrons. The van der Waals surface area contributed by atoms with E-state index in [9.17, 15) is 23.2 Å². The third-order valence-electron chi connectivity index (χ3n) is 3.98. The van der Waals surface area contributed by atoms with Gasteiger partial charge in [0, 0.05) is 0 Å². The van der Waals surface area contributed by atoms with Crippen LogP contribution in [0.1, 0.15) is 17.3 Å². The van der Waals surface area contributed by atoms with Crippen LogP contribution in [0.3, 0.4) is 0 Å². The summed E-state index contributed by atoms with van der Waals surface area (Å²) in [4.78, 5) is 38.0. The molecule has 3 rings (SSSR count). The summed E-state index contributed by atoms with van der Waals surface area (Å²) in [5, 5.41) is 2.66. The van der Waals surface area contributed by atoms with E-state index in [-0.39, 0.29) is 23.8 Å². The predicted molar refractivity (Wildman–Crippen MR) is 95.4 cm³/mol. The molecule has 0 saturated carbocycles. The van der Waals surface area contributed by atoms with Gasteiger partial charge in [-0.05, 0) is 43.3 Å². The molecule has 0 radical (unpaired) electrons. The zero-order valence-electron chi connectivity index (χ0n) is 14.7. The van der Waals surface area contributed by atoms with Crippen molar-refractivity contribution in [3.63, 3.8) is 0 Å². The Bertz CT molecular complexity index is 901. The molecule has 2 aromatic rings. The Labute approximate surface area is 158 Å². The Morgan fingerprint density at radius 3 is 2.46 bits per heavy atom. The number of benzene rings is 2. The summed E-state index contributed by atoms with van der Waals surface area (Å²) >= 11 is 0. The van der Waals surface area contributed by atoms with Crippen LogP contribution in [0.25, 0.3) is 0 Å². The standard InChI is InChI=1S/C19H16F2N2O5/c1-11(27-18(26)12-6-8-13(9-7-12)28-19(20)21)17(25)23-10-16(24)22-14-4-2-3-5-15(14)23/h2-9,11,19H,10H2,1H3,(H,22,24)/t11-/m0/s1. The Morgan fingerprint density at radius 1 is 1.11 bits per heavy atom. The summed E-state index contributed by atoms with van der Waals surface area (Å²) in [5.74, 6) is -1.83. The van der Waals surface area contributed by atoms with Crippen molar-refractivity contribution < 1.29 is 32.6 Å². The lowest BCUT2D eigenvalue weighted by atomic mass is 10.1. The molecule has 0 saturated heterocycles. The average Bonchev–Trinajstić information content (AvgIpc) is 2.66. The quantitative estimate of drug-likeness (QED) is 0.794. The summed E-state index contributed by atoms with van der Waals surface area (Å²) in [7, 11) is 0. The molecule has 1 atom stereocenters. The Morgan fingerprint density at radius 2 is 1.79 bits per heavy atom. The molecule has 1 heterocycles. The Hall–Kier alpha value is -3.49. The maximum atomic E-state index is 12.7. The first-order chi connectivity index (χ1) is 13.3. The molecular weight excluding hydrogens is 374 g/mol. The number of amides is 2. The van der Waals surface area contributed by atoms with Crippen LogP contribution in [0.2, 0.25) is 0 Å². The van der Waals surface area contributed by atoms with Crippen molar-refractivity contribution in [3.05, 3.63) is 54.1 Å². The first kappa shape index (κ1) is 19.3. The van der Waals surface area contributed by atoms with Crippen molar-refractivity contribution in [1.29, 1.82) is 0 Å². The van der Waals surface area contributed by atoms with Crippen molar-refractivity contribution in [2.45, 2.75) is 19.6 Å². The van der Waals surface area contributed by atoms with E-state index in [0.717, 1.165) is 0 Å². The van der Waals surface area contributed by atoms with Crippen LogP contribution in [0.5, 0.6) is 5.75 Å². The van der Waals surface area contributed by atoms with Crippen LogP contribution in [-0.2, 0) is 14.3 Å². The number of carbonyl (C=O) groups is 3. The van der Waals surface area contributed by atoms with Gasteiger partial charge < -0.3 is 14.8 Å². The fourth-order valence-electron chi connectivity index (χ4n) is 2.70. The maximum absolute atomic E-state index is 12.7. The minimum Gasteiger partial charge on any atom is -0.449 e. The lowest BCUT2D eigenvalue weighted by Gasteiger charge is -2.30. The molecule has 0 unspecified atom stereocenters. The molecule has 9 heteroatoms. The highest BCUT2D eigenvalue weighted by molar-refractivity contribution is 6.11. The number of fused-ring (bicyclic) bond motifs is 1. The van der Waals surface area contributed by atoms with Gasteiger partial charge in [0.05, 0.1) is 16.9 Å². The maximum Gasteiger partial charge on any atom is 0.387 e. The summed E-state index contributed by atoms with van der Waals surface area (Å²) in [6.07, 6.45) is -1.16. The number of rotatable bonds is 5. The largest absolute Gasteiger partial charge is 0.449 e. The number of anilines is 2. The highest BCUT2D eigenvalue weighted by Crippen LogP contribution is 2.29. The third kappa shape index (κ3) is 4.25. The van der Waals surface area contributed by atoms with Crippen molar-refractivity contribution >= 4 is 29.2 Å². The van der Waals surface area contributed by atoms with E-state index in [1.165, 1.54) is 36.1 Å². The third-order valence-corrected chi connectivity index (χ3v) is 3.98. The van der Waals surface area contributed by atoms with Gasteiger partial charge in [-0.15, -0.1) is 0 Å². The molecule has 0 spiro atoms. The molecule has 2 amide bonds. The molecule has 2 aromatic carbocycles. The number of carbonyl (C=O) groups excluding carboxylic acids is 3. The Balaban J connectivity index is 1.69. The van der Waals surface area contributed by atoms with E-state index in [2.05, 4.69) is 10.1 Å². The second-order valence-electron chi connectivity index (χ2n) is 5.94. The molecule has 1 aliphatic rings. The first-order valence-electron chi connectivity index (χ1n) is 8.31. The lowest BCUT2D eigenvalue weighted by Crippen LogP contribution is -2.47. The molecule has 0 fully saturated rings. The van der Waals surface area contributed by atoms with E-state index in [0.29, 0.717) is 11.4 Å². The van der Waals surface area contributed by atoms with Gasteiger partial charge >= 0.3 is 12.6 Å². The van der Waals surface area contributed by atoms with Crippen LogP contribution in [0.4, 0.5) is 20.2 Å². The Kier molecular flexibility index (Phi) is 5.53. The number of esters is 1. The van der Waals surface area contributed by atoms with Crippen molar-refractivity contribution in [2.75, 3.05) is 16.8 Å². The SMILES string of the molecule is C[C@H](OC(=O)c1ccc(OC(F)F)cc1)C(=O)N1CC(=O)Nc2ccccc21. The predicted octanol–water partition coefficient (Wildman–Crippen LogP) is 2.82. The second kappa shape index (κ2) is 8.03. The molecule has 1 N–H and O–H groups in total. The van der Waals surface area contributed by atoms with E-state index >= 15 is 0 Å². The number of ether oxygens (including phenoxy) is 2. The molecule has 28 heavy (non-hydrogen) atoms. The van der Waals surface area contributed by atoms with Gasteiger partial charge in [-0.2, -0.15) is 8.78 Å². The first-order valence-corrected chi connectivity index (χ1v) is 8.31. The van der Waals surface area contributed by atoms with E-state index in [4.69, 9.17) is 4.74 Å². The van der Waals surface area contributed by atoms with Gasteiger partial charge in [0.15, 0.2) is 6.10 Å². The van der Waals surface area contributed by atoms with Crippen LogP contribution >= 0.6 is 0 Å². The molecule has 0 aliphatic carbocycles. The fourth-order valence-corrected chi connectivity index (χ4v) is 2.70. The van der Waals surface area contributed by atoms with E-state index < -0.39 is 24.6 Å². The zero-order valence-corrected chi connectivity index (χ0v) is 14.7. The summed E-state index contributed by atoms with van der Waals surface area (Å²) < 4.78 is 33.7. The number of para-hydroxylation sites is 2. The summed E-state index contributed by atoms with van der Waals surface area (Å²) in [5.41, 5.74) is 1.06. The zero-order chi connectivity index (χ0) is 20.3. The second-order valence-corrected chi connectivity index (χ2v) is 5.94. The topological polar surface area (TPSA) is 84.9 Å². The number of hydrogen-bond donors (Lipinski definition) is 1. The number of alkyl halides is 2. The van der Waals surface area contributed by atoms with Gasteiger partial charge in [-0.1, -0.05) is 12.1 Å². The highest BCUT2D eigenvalue weighted by atomic mass is 19.3. The lowest BCUT2D eigenvalue weighted by molar-refractivity contribution is -0.128. The van der Waals surface area contributed by atoms with Crippen LogP contribution in [0, 0.1) is 0 Å². The van der Waals surface area contributed by atoms with Gasteiger partial charge in [-0.25, -0.2) is 4.79 Å². The fraction of sp³-hybridized carbons (Fsp3) is 0.211.